The van der Waals surface area contributed by atoms with Crippen molar-refractivity contribution in [2.24, 2.45) is 0 Å². The number of rotatable bonds is 4. The van der Waals surface area contributed by atoms with E-state index in [1.54, 1.807) is 0 Å². The highest BCUT2D eigenvalue weighted by Gasteiger charge is 2.22. The lowest BCUT2D eigenvalue weighted by atomic mass is 9.82. The van der Waals surface area contributed by atoms with Crippen LogP contribution >= 0.6 is 0 Å². The summed E-state index contributed by atoms with van der Waals surface area (Å²) in [6.07, 6.45) is 1.91. The number of aromatic nitrogens is 1. The number of hydrogen-bond acceptors (Lipinski definition) is 1. The molecule has 0 fully saturated rings. The standard InChI is InChI=1S/C41H27N/c1-3-14-29(15-4-1)32-26-13-27-42-41(32)37-25-12-24-36-38(30-17-5-2-6-18-30)34-21-9-10-22-35(34)39(40(36)37)33-23-11-19-28-16-7-8-20-31(28)33/h1-27H. The summed E-state index contributed by atoms with van der Waals surface area (Å²) in [6.45, 7) is 0. The maximum absolute atomic E-state index is 5.06. The van der Waals surface area contributed by atoms with Gasteiger partial charge in [0.15, 0.2) is 0 Å². The highest BCUT2D eigenvalue weighted by molar-refractivity contribution is 6.26. The summed E-state index contributed by atoms with van der Waals surface area (Å²) in [5.74, 6) is 0. The zero-order valence-electron chi connectivity index (χ0n) is 23.0. The Morgan fingerprint density at radius 1 is 0.333 bits per heavy atom. The van der Waals surface area contributed by atoms with Crippen LogP contribution in [0.5, 0.6) is 0 Å². The van der Waals surface area contributed by atoms with E-state index in [1.807, 2.05) is 12.3 Å². The monoisotopic (exact) mass is 533 g/mol. The minimum atomic E-state index is 0.991. The SMILES string of the molecule is c1ccc(-c2cccnc2-c2cccc3c(-c4ccccc4)c4ccccc4c(-c4cccc5ccccc45)c23)cc1. The van der Waals surface area contributed by atoms with Gasteiger partial charge in [-0.1, -0.05) is 152 Å². The Labute approximate surface area is 245 Å². The molecule has 1 nitrogen and oxygen atoms in total. The van der Waals surface area contributed by atoms with Crippen molar-refractivity contribution in [2.75, 3.05) is 0 Å². The minimum absolute atomic E-state index is 0.991. The van der Waals surface area contributed by atoms with Crippen molar-refractivity contribution < 1.29 is 0 Å². The van der Waals surface area contributed by atoms with Crippen LogP contribution in [0.15, 0.2) is 164 Å². The first-order valence-corrected chi connectivity index (χ1v) is 14.4. The summed E-state index contributed by atoms with van der Waals surface area (Å²) in [5.41, 5.74) is 9.37. The summed E-state index contributed by atoms with van der Waals surface area (Å²) in [6, 6.07) is 56.6. The topological polar surface area (TPSA) is 12.9 Å². The van der Waals surface area contributed by atoms with Gasteiger partial charge in [0, 0.05) is 22.7 Å². The van der Waals surface area contributed by atoms with E-state index in [0.717, 1.165) is 22.4 Å². The van der Waals surface area contributed by atoms with Crippen LogP contribution < -0.4 is 0 Å². The predicted molar refractivity (Wildman–Crippen MR) is 178 cm³/mol. The molecular formula is C41H27N. The Kier molecular flexibility index (Phi) is 5.86. The number of benzene rings is 7. The van der Waals surface area contributed by atoms with E-state index < -0.39 is 0 Å². The van der Waals surface area contributed by atoms with Crippen molar-refractivity contribution in [2.45, 2.75) is 0 Å². The van der Waals surface area contributed by atoms with Gasteiger partial charge in [0.25, 0.3) is 0 Å². The van der Waals surface area contributed by atoms with Gasteiger partial charge in [0.1, 0.15) is 0 Å². The minimum Gasteiger partial charge on any atom is -0.256 e. The molecule has 196 valence electrons. The lowest BCUT2D eigenvalue weighted by Gasteiger charge is -2.21. The quantitative estimate of drug-likeness (QED) is 0.205. The first kappa shape index (κ1) is 24.3. The van der Waals surface area contributed by atoms with Gasteiger partial charge in [-0.05, 0) is 60.8 Å². The summed E-state index contributed by atoms with van der Waals surface area (Å²) >= 11 is 0. The van der Waals surface area contributed by atoms with Crippen molar-refractivity contribution >= 4 is 32.3 Å². The fraction of sp³-hybridized carbons (Fsp3) is 0. The average Bonchev–Trinajstić information content (AvgIpc) is 3.07. The lowest BCUT2D eigenvalue weighted by Crippen LogP contribution is -1.96. The van der Waals surface area contributed by atoms with Crippen molar-refractivity contribution in [3.05, 3.63) is 164 Å². The third kappa shape index (κ3) is 3.90. The van der Waals surface area contributed by atoms with E-state index in [2.05, 4.69) is 152 Å². The maximum Gasteiger partial charge on any atom is 0.0786 e. The molecule has 0 radical (unpaired) electrons. The smallest absolute Gasteiger partial charge is 0.0786 e. The molecule has 42 heavy (non-hydrogen) atoms. The Morgan fingerprint density at radius 3 is 1.67 bits per heavy atom. The first-order chi connectivity index (χ1) is 20.9. The number of nitrogens with zero attached hydrogens (tertiary/aromatic N) is 1. The highest BCUT2D eigenvalue weighted by atomic mass is 14.7. The second-order valence-corrected chi connectivity index (χ2v) is 10.7. The molecule has 0 bridgehead atoms. The zero-order valence-corrected chi connectivity index (χ0v) is 23.0. The van der Waals surface area contributed by atoms with Crippen LogP contribution in [0, 0.1) is 0 Å². The van der Waals surface area contributed by atoms with Crippen molar-refractivity contribution in [3.63, 3.8) is 0 Å². The molecule has 0 N–H and O–H groups in total. The van der Waals surface area contributed by atoms with Crippen LogP contribution in [0.1, 0.15) is 0 Å². The molecule has 7 aromatic carbocycles. The van der Waals surface area contributed by atoms with Gasteiger partial charge in [0.2, 0.25) is 0 Å². The van der Waals surface area contributed by atoms with Gasteiger partial charge in [-0.3, -0.25) is 4.98 Å². The molecule has 0 aliphatic heterocycles. The van der Waals surface area contributed by atoms with Crippen LogP contribution in [-0.4, -0.2) is 4.98 Å². The van der Waals surface area contributed by atoms with Gasteiger partial charge in [0.05, 0.1) is 5.69 Å². The molecule has 0 aliphatic carbocycles. The molecule has 0 atom stereocenters. The van der Waals surface area contributed by atoms with Gasteiger partial charge < -0.3 is 0 Å². The highest BCUT2D eigenvalue weighted by Crippen LogP contribution is 2.48. The lowest BCUT2D eigenvalue weighted by molar-refractivity contribution is 1.33. The molecular weight excluding hydrogens is 506 g/mol. The molecule has 0 spiro atoms. The third-order valence-electron chi connectivity index (χ3n) is 8.32. The second kappa shape index (κ2) is 10.1. The molecule has 0 aliphatic rings. The Balaban J connectivity index is 1.60. The molecule has 0 saturated heterocycles. The Morgan fingerprint density at radius 2 is 0.881 bits per heavy atom. The van der Waals surface area contributed by atoms with Crippen molar-refractivity contribution in [1.82, 2.24) is 4.98 Å². The van der Waals surface area contributed by atoms with Gasteiger partial charge in [-0.25, -0.2) is 0 Å². The van der Waals surface area contributed by atoms with Crippen LogP contribution in [0.2, 0.25) is 0 Å². The Hall–Kier alpha value is -5.53. The predicted octanol–water partition coefficient (Wildman–Crippen LogP) is 11.2. The van der Waals surface area contributed by atoms with Gasteiger partial charge in [-0.15, -0.1) is 0 Å². The number of pyridine rings is 1. The Bertz CT molecular complexity index is 2230. The molecule has 1 heterocycles. The first-order valence-electron chi connectivity index (χ1n) is 14.4. The fourth-order valence-corrected chi connectivity index (χ4v) is 6.54. The molecule has 1 heteroatoms. The van der Waals surface area contributed by atoms with Crippen molar-refractivity contribution in [1.29, 1.82) is 0 Å². The number of fused-ring (bicyclic) bond motifs is 3. The van der Waals surface area contributed by atoms with Gasteiger partial charge >= 0.3 is 0 Å². The molecule has 0 amide bonds. The molecule has 0 saturated carbocycles. The normalized spacial score (nSPS) is 11.3. The molecule has 1 aromatic heterocycles. The van der Waals surface area contributed by atoms with Crippen LogP contribution in [0.3, 0.4) is 0 Å². The van der Waals surface area contributed by atoms with Gasteiger partial charge in [-0.2, -0.15) is 0 Å². The zero-order chi connectivity index (χ0) is 27.9. The summed E-state index contributed by atoms with van der Waals surface area (Å²) < 4.78 is 0. The fourth-order valence-electron chi connectivity index (χ4n) is 6.54. The largest absolute Gasteiger partial charge is 0.256 e. The van der Waals surface area contributed by atoms with E-state index >= 15 is 0 Å². The van der Waals surface area contributed by atoms with Crippen molar-refractivity contribution in [3.8, 4) is 44.6 Å². The molecule has 8 rings (SSSR count). The van der Waals surface area contributed by atoms with Crippen LogP contribution in [0.25, 0.3) is 77.0 Å². The summed E-state index contributed by atoms with van der Waals surface area (Å²) in [5, 5.41) is 7.43. The van der Waals surface area contributed by atoms with E-state index in [0.29, 0.717) is 0 Å². The van der Waals surface area contributed by atoms with E-state index in [-0.39, 0.29) is 0 Å². The summed E-state index contributed by atoms with van der Waals surface area (Å²) in [4.78, 5) is 5.06. The van der Waals surface area contributed by atoms with Crippen LogP contribution in [-0.2, 0) is 0 Å². The van der Waals surface area contributed by atoms with E-state index in [9.17, 15) is 0 Å². The van der Waals surface area contributed by atoms with E-state index in [4.69, 9.17) is 4.98 Å². The van der Waals surface area contributed by atoms with Crippen LogP contribution in [0.4, 0.5) is 0 Å². The third-order valence-corrected chi connectivity index (χ3v) is 8.32. The average molecular weight is 534 g/mol. The van der Waals surface area contributed by atoms with E-state index in [1.165, 1.54) is 54.6 Å². The number of hydrogen-bond donors (Lipinski definition) is 0. The molecule has 0 unspecified atom stereocenters. The maximum atomic E-state index is 5.06. The summed E-state index contributed by atoms with van der Waals surface area (Å²) in [7, 11) is 0. The second-order valence-electron chi connectivity index (χ2n) is 10.7. The molecule has 8 aromatic rings.